The molecule has 3 aromatic rings. The van der Waals surface area contributed by atoms with Gasteiger partial charge >= 0.3 is 0 Å². The monoisotopic (exact) mass is 573 g/mol. The van der Waals surface area contributed by atoms with Gasteiger partial charge in [-0.1, -0.05) is 47.5 Å². The Morgan fingerprint density at radius 3 is 2.13 bits per heavy atom. The third kappa shape index (κ3) is 7.80. The molecule has 0 fully saturated rings. The minimum absolute atomic E-state index is 0.0183. The lowest BCUT2D eigenvalue weighted by Crippen LogP contribution is -2.54. The van der Waals surface area contributed by atoms with Gasteiger partial charge in [0.25, 0.3) is 10.0 Å². The standard InChI is InChI=1S/C29H33ClFN3O4S/c1-20-10-14-24(15-11-20)34(39(37,38)25-16-12-23(31)13-17-25)19-27(35)33(18-22-8-6-7-9-26(22)30)21(2)28(36)32-29(3,4)5/h6-17,21H,18-19H2,1-5H3,(H,32,36)/t21-/m0/s1. The molecule has 0 bridgehead atoms. The number of nitrogens with zero attached hydrogens (tertiary/aromatic N) is 2. The van der Waals surface area contributed by atoms with Gasteiger partial charge in [0.05, 0.1) is 10.6 Å². The predicted octanol–water partition coefficient (Wildman–Crippen LogP) is 5.31. The van der Waals surface area contributed by atoms with Crippen LogP contribution in [-0.4, -0.2) is 43.3 Å². The highest BCUT2D eigenvalue weighted by Crippen LogP contribution is 2.26. The average molecular weight is 574 g/mol. The van der Waals surface area contributed by atoms with Gasteiger partial charge in [0.15, 0.2) is 0 Å². The SMILES string of the molecule is Cc1ccc(N(CC(=O)N(Cc2ccccc2Cl)[C@@H](C)C(=O)NC(C)(C)C)S(=O)(=O)c2ccc(F)cc2)cc1. The van der Waals surface area contributed by atoms with Gasteiger partial charge in [0.2, 0.25) is 11.8 Å². The summed E-state index contributed by atoms with van der Waals surface area (Å²) in [5.74, 6) is -1.60. The fourth-order valence-corrected chi connectivity index (χ4v) is 5.45. The van der Waals surface area contributed by atoms with E-state index < -0.39 is 45.8 Å². The van der Waals surface area contributed by atoms with E-state index in [0.29, 0.717) is 10.6 Å². The second-order valence-electron chi connectivity index (χ2n) is 10.3. The topological polar surface area (TPSA) is 86.8 Å². The number of nitrogens with one attached hydrogen (secondary N) is 1. The summed E-state index contributed by atoms with van der Waals surface area (Å²) < 4.78 is 42.0. The second-order valence-corrected chi connectivity index (χ2v) is 12.6. The highest BCUT2D eigenvalue weighted by molar-refractivity contribution is 7.92. The van der Waals surface area contributed by atoms with E-state index in [9.17, 15) is 22.4 Å². The molecule has 0 aliphatic rings. The molecule has 1 N–H and O–H groups in total. The summed E-state index contributed by atoms with van der Waals surface area (Å²) >= 11 is 6.37. The number of sulfonamides is 1. The summed E-state index contributed by atoms with van der Waals surface area (Å²) in [6, 6.07) is 17.0. The highest BCUT2D eigenvalue weighted by atomic mass is 35.5. The van der Waals surface area contributed by atoms with Crippen LogP contribution in [0.2, 0.25) is 5.02 Å². The number of aryl methyl sites for hydroxylation is 1. The molecule has 0 radical (unpaired) electrons. The van der Waals surface area contributed by atoms with Crippen molar-refractivity contribution in [3.63, 3.8) is 0 Å². The van der Waals surface area contributed by atoms with Gasteiger partial charge in [-0.25, -0.2) is 12.8 Å². The molecule has 7 nitrogen and oxygen atoms in total. The maximum absolute atomic E-state index is 13.9. The Morgan fingerprint density at radius 1 is 0.974 bits per heavy atom. The van der Waals surface area contributed by atoms with Crippen molar-refractivity contribution in [1.29, 1.82) is 0 Å². The zero-order valence-corrected chi connectivity index (χ0v) is 24.2. The Kier molecular flexibility index (Phi) is 9.40. The van der Waals surface area contributed by atoms with Crippen LogP contribution in [0.3, 0.4) is 0 Å². The largest absolute Gasteiger partial charge is 0.350 e. The van der Waals surface area contributed by atoms with Gasteiger partial charge in [-0.05, 0) is 82.6 Å². The molecule has 0 aromatic heterocycles. The Hall–Kier alpha value is -3.43. The fraction of sp³-hybridized carbons (Fsp3) is 0.310. The van der Waals surface area contributed by atoms with Crippen molar-refractivity contribution in [3.8, 4) is 0 Å². The van der Waals surface area contributed by atoms with Crippen LogP contribution in [0.25, 0.3) is 0 Å². The maximum Gasteiger partial charge on any atom is 0.264 e. The third-order valence-corrected chi connectivity index (χ3v) is 8.12. The number of benzene rings is 3. The summed E-state index contributed by atoms with van der Waals surface area (Å²) in [5.41, 5.74) is 1.20. The van der Waals surface area contributed by atoms with Gasteiger partial charge in [0.1, 0.15) is 18.4 Å². The van der Waals surface area contributed by atoms with Gasteiger partial charge < -0.3 is 10.2 Å². The van der Waals surface area contributed by atoms with E-state index in [0.717, 1.165) is 34.1 Å². The first kappa shape index (κ1) is 30.1. The van der Waals surface area contributed by atoms with Crippen molar-refractivity contribution in [3.05, 3.63) is 94.8 Å². The molecule has 0 spiro atoms. The van der Waals surface area contributed by atoms with Crippen molar-refractivity contribution in [2.75, 3.05) is 10.8 Å². The van der Waals surface area contributed by atoms with E-state index in [1.807, 2.05) is 27.7 Å². The molecular formula is C29H33ClFN3O4S. The summed E-state index contributed by atoms with van der Waals surface area (Å²) in [6.07, 6.45) is 0. The molecule has 0 saturated heterocycles. The summed E-state index contributed by atoms with van der Waals surface area (Å²) in [5, 5.41) is 3.28. The molecule has 2 amide bonds. The van der Waals surface area contributed by atoms with Crippen LogP contribution >= 0.6 is 11.6 Å². The first-order valence-corrected chi connectivity index (χ1v) is 14.2. The van der Waals surface area contributed by atoms with Crippen molar-refractivity contribution >= 4 is 39.1 Å². The number of halogens is 2. The van der Waals surface area contributed by atoms with Crippen LogP contribution in [0.15, 0.2) is 77.7 Å². The quantitative estimate of drug-likeness (QED) is 0.376. The Bertz CT molecular complexity index is 1420. The van der Waals surface area contributed by atoms with E-state index in [1.54, 1.807) is 55.5 Å². The second kappa shape index (κ2) is 12.2. The molecule has 0 saturated carbocycles. The highest BCUT2D eigenvalue weighted by Gasteiger charge is 2.33. The van der Waals surface area contributed by atoms with E-state index in [4.69, 9.17) is 11.6 Å². The van der Waals surface area contributed by atoms with Crippen LogP contribution < -0.4 is 9.62 Å². The van der Waals surface area contributed by atoms with E-state index in [-0.39, 0.29) is 17.1 Å². The van der Waals surface area contributed by atoms with E-state index in [2.05, 4.69) is 5.32 Å². The molecule has 208 valence electrons. The lowest BCUT2D eigenvalue weighted by atomic mass is 10.1. The molecular weight excluding hydrogens is 541 g/mol. The number of carbonyl (C=O) groups excluding carboxylic acids is 2. The lowest BCUT2D eigenvalue weighted by molar-refractivity contribution is -0.140. The number of hydrogen-bond donors (Lipinski definition) is 1. The minimum Gasteiger partial charge on any atom is -0.350 e. The van der Waals surface area contributed by atoms with E-state index >= 15 is 0 Å². The number of carbonyl (C=O) groups is 2. The first-order chi connectivity index (χ1) is 18.2. The van der Waals surface area contributed by atoms with Gasteiger partial charge in [0, 0.05) is 17.1 Å². The maximum atomic E-state index is 13.9. The van der Waals surface area contributed by atoms with E-state index in [1.165, 1.54) is 4.90 Å². The Labute approximate surface area is 234 Å². The molecule has 10 heteroatoms. The lowest BCUT2D eigenvalue weighted by Gasteiger charge is -2.33. The Morgan fingerprint density at radius 2 is 1.56 bits per heavy atom. The third-order valence-electron chi connectivity index (χ3n) is 5.97. The molecule has 3 rings (SSSR count). The summed E-state index contributed by atoms with van der Waals surface area (Å²) in [4.78, 5) is 28.1. The Balaban J connectivity index is 2.04. The van der Waals surface area contributed by atoms with Crippen LogP contribution in [0.1, 0.15) is 38.8 Å². The van der Waals surface area contributed by atoms with Crippen molar-refractivity contribution < 1.29 is 22.4 Å². The molecule has 0 aliphatic heterocycles. The molecule has 0 unspecified atom stereocenters. The zero-order valence-electron chi connectivity index (χ0n) is 22.6. The number of hydrogen-bond acceptors (Lipinski definition) is 4. The van der Waals surface area contributed by atoms with Crippen LogP contribution in [0, 0.1) is 12.7 Å². The van der Waals surface area contributed by atoms with Gasteiger partial charge in [-0.2, -0.15) is 0 Å². The first-order valence-electron chi connectivity index (χ1n) is 12.4. The van der Waals surface area contributed by atoms with Crippen LogP contribution in [-0.2, 0) is 26.2 Å². The minimum atomic E-state index is -4.28. The number of anilines is 1. The molecule has 0 aliphatic carbocycles. The number of rotatable bonds is 9. The molecule has 39 heavy (non-hydrogen) atoms. The van der Waals surface area contributed by atoms with Gasteiger partial charge in [-0.3, -0.25) is 13.9 Å². The van der Waals surface area contributed by atoms with Crippen molar-refractivity contribution in [2.45, 2.75) is 57.6 Å². The summed E-state index contributed by atoms with van der Waals surface area (Å²) in [7, 11) is -4.28. The normalized spacial score (nSPS) is 12.5. The zero-order chi connectivity index (χ0) is 29.0. The average Bonchev–Trinajstić information content (AvgIpc) is 2.86. The number of amides is 2. The molecule has 0 heterocycles. The van der Waals surface area contributed by atoms with Crippen LogP contribution in [0.5, 0.6) is 0 Å². The fourth-order valence-electron chi connectivity index (χ4n) is 3.84. The molecule has 1 atom stereocenters. The predicted molar refractivity (Wildman–Crippen MR) is 151 cm³/mol. The smallest absolute Gasteiger partial charge is 0.264 e. The summed E-state index contributed by atoms with van der Waals surface area (Å²) in [6.45, 7) is 8.30. The van der Waals surface area contributed by atoms with Crippen molar-refractivity contribution in [2.24, 2.45) is 0 Å². The van der Waals surface area contributed by atoms with Crippen molar-refractivity contribution in [1.82, 2.24) is 10.2 Å². The van der Waals surface area contributed by atoms with Crippen LogP contribution in [0.4, 0.5) is 10.1 Å². The van der Waals surface area contributed by atoms with Gasteiger partial charge in [-0.15, -0.1) is 0 Å². The molecule has 3 aromatic carbocycles.